The van der Waals surface area contributed by atoms with Crippen LogP contribution in [-0.2, 0) is 9.53 Å². The van der Waals surface area contributed by atoms with Gasteiger partial charge < -0.3 is 10.1 Å². The number of rotatable bonds is 4. The van der Waals surface area contributed by atoms with Gasteiger partial charge in [0.05, 0.1) is 22.4 Å². The second-order valence-electron chi connectivity index (χ2n) is 8.76. The van der Waals surface area contributed by atoms with E-state index in [1.807, 2.05) is 27.0 Å². The second-order valence-corrected chi connectivity index (χ2v) is 9.59. The summed E-state index contributed by atoms with van der Waals surface area (Å²) in [5.41, 5.74) is 2.83. The molecule has 0 atom stereocenters. The topological polar surface area (TPSA) is 86.1 Å². The average Bonchev–Trinajstić information content (AvgIpc) is 3.46. The summed E-state index contributed by atoms with van der Waals surface area (Å²) in [5.74, 6) is 0.786. The number of aromatic nitrogens is 3. The molecule has 8 heteroatoms. The number of hydrogen-bond acceptors (Lipinski definition) is 6. The van der Waals surface area contributed by atoms with Crippen molar-refractivity contribution in [3.63, 3.8) is 0 Å². The first-order valence-electron chi connectivity index (χ1n) is 10.2. The molecule has 1 aliphatic carbocycles. The van der Waals surface area contributed by atoms with E-state index in [1.54, 1.807) is 30.2 Å². The smallest absolute Gasteiger partial charge is 0.419 e. The maximum atomic E-state index is 12.9. The molecule has 7 nitrogen and oxygen atoms in total. The number of fused-ring (bicyclic) bond motifs is 1. The van der Waals surface area contributed by atoms with Crippen LogP contribution >= 0.6 is 11.8 Å². The summed E-state index contributed by atoms with van der Waals surface area (Å²) >= 11 is 1.60. The number of anilines is 1. The van der Waals surface area contributed by atoms with Crippen LogP contribution < -0.4 is 5.32 Å². The Bertz CT molecular complexity index is 1180. The highest BCUT2D eigenvalue weighted by molar-refractivity contribution is 7.98. The molecule has 4 rings (SSSR count). The summed E-state index contributed by atoms with van der Waals surface area (Å²) in [5, 5.41) is 4.43. The third-order valence-electron chi connectivity index (χ3n) is 4.94. The van der Waals surface area contributed by atoms with Crippen LogP contribution in [-0.4, -0.2) is 38.4 Å². The number of thioether (sulfide) groups is 1. The fraction of sp³-hybridized carbons (Fsp3) is 0.391. The molecule has 0 aromatic carbocycles. The zero-order valence-corrected chi connectivity index (χ0v) is 19.2. The van der Waals surface area contributed by atoms with E-state index in [0.29, 0.717) is 17.3 Å². The number of carbonyl (C=O) groups excluding carboxylic acids is 2. The van der Waals surface area contributed by atoms with E-state index in [1.165, 1.54) is 29.9 Å². The largest absolute Gasteiger partial charge is 0.443 e. The highest BCUT2D eigenvalue weighted by atomic mass is 32.2. The fourth-order valence-electron chi connectivity index (χ4n) is 3.46. The molecule has 1 N–H and O–H groups in total. The zero-order valence-electron chi connectivity index (χ0n) is 18.4. The van der Waals surface area contributed by atoms with Gasteiger partial charge in [-0.2, -0.15) is 0 Å². The summed E-state index contributed by atoms with van der Waals surface area (Å²) in [6.45, 7) is 6.92. The van der Waals surface area contributed by atoms with Crippen molar-refractivity contribution in [1.29, 1.82) is 0 Å². The predicted molar refractivity (Wildman–Crippen MR) is 123 cm³/mol. The molecule has 162 valence electrons. The molecule has 0 radical (unpaired) electrons. The summed E-state index contributed by atoms with van der Waals surface area (Å²) in [7, 11) is 0. The lowest BCUT2D eigenvalue weighted by molar-refractivity contribution is -0.114. The van der Waals surface area contributed by atoms with Crippen molar-refractivity contribution in [2.24, 2.45) is 0 Å². The van der Waals surface area contributed by atoms with Gasteiger partial charge in [-0.05, 0) is 69.5 Å². The average molecular weight is 439 g/mol. The van der Waals surface area contributed by atoms with Crippen LogP contribution in [0.25, 0.3) is 22.2 Å². The molecule has 3 aromatic rings. The molecule has 1 saturated carbocycles. The van der Waals surface area contributed by atoms with Gasteiger partial charge in [0.25, 0.3) is 0 Å². The Morgan fingerprint density at radius 3 is 2.58 bits per heavy atom. The summed E-state index contributed by atoms with van der Waals surface area (Å²) in [4.78, 5) is 33.6. The molecule has 0 saturated heterocycles. The Labute approximate surface area is 185 Å². The quantitative estimate of drug-likeness (QED) is 0.546. The number of ether oxygens (including phenoxy) is 1. The van der Waals surface area contributed by atoms with Crippen molar-refractivity contribution in [3.8, 4) is 11.3 Å². The van der Waals surface area contributed by atoms with Crippen molar-refractivity contribution in [1.82, 2.24) is 14.5 Å². The maximum absolute atomic E-state index is 12.9. The van der Waals surface area contributed by atoms with Crippen LogP contribution in [0.15, 0.2) is 35.6 Å². The lowest BCUT2D eigenvalue weighted by Crippen LogP contribution is -2.26. The molecule has 0 spiro atoms. The maximum Gasteiger partial charge on any atom is 0.419 e. The summed E-state index contributed by atoms with van der Waals surface area (Å²) < 4.78 is 7.06. The Morgan fingerprint density at radius 2 is 1.97 bits per heavy atom. The Hall–Kier alpha value is -2.87. The molecule has 31 heavy (non-hydrogen) atoms. The van der Waals surface area contributed by atoms with Crippen molar-refractivity contribution in [2.45, 2.75) is 57.1 Å². The van der Waals surface area contributed by atoms with Crippen LogP contribution in [0.2, 0.25) is 0 Å². The summed E-state index contributed by atoms with van der Waals surface area (Å²) in [6, 6.07) is 6.02. The van der Waals surface area contributed by atoms with Gasteiger partial charge in [-0.3, -0.25) is 9.36 Å². The molecule has 3 heterocycles. The van der Waals surface area contributed by atoms with Gasteiger partial charge in [0.15, 0.2) is 0 Å². The van der Waals surface area contributed by atoms with Crippen molar-refractivity contribution in [3.05, 3.63) is 36.2 Å². The molecular formula is C23H26N4O3S. The van der Waals surface area contributed by atoms with Gasteiger partial charge >= 0.3 is 6.09 Å². The van der Waals surface area contributed by atoms with Crippen LogP contribution in [0.1, 0.15) is 52.0 Å². The molecular weight excluding hydrogens is 412 g/mol. The van der Waals surface area contributed by atoms with E-state index >= 15 is 0 Å². The van der Waals surface area contributed by atoms with Gasteiger partial charge in [0.1, 0.15) is 11.4 Å². The van der Waals surface area contributed by atoms with E-state index in [4.69, 9.17) is 9.72 Å². The third kappa shape index (κ3) is 4.74. The van der Waals surface area contributed by atoms with E-state index < -0.39 is 11.7 Å². The molecule has 0 aliphatic heterocycles. The van der Waals surface area contributed by atoms with Crippen LogP contribution in [0.4, 0.5) is 10.6 Å². The van der Waals surface area contributed by atoms with Crippen LogP contribution in [0, 0.1) is 0 Å². The number of amides is 1. The second kappa shape index (κ2) is 8.00. The molecule has 0 unspecified atom stereocenters. The predicted octanol–water partition coefficient (Wildman–Crippen LogP) is 5.44. The SMILES string of the molecule is CSc1cc(C2CC2)cc(-c2cn(C(=O)OC(C)(C)C)c3cnc(NC(C)=O)cc23)n1. The lowest BCUT2D eigenvalue weighted by atomic mass is 10.1. The van der Waals surface area contributed by atoms with Gasteiger partial charge in [-0.25, -0.2) is 14.8 Å². The number of carbonyl (C=O) groups is 2. The normalized spacial score (nSPS) is 14.0. The Morgan fingerprint density at radius 1 is 1.23 bits per heavy atom. The van der Waals surface area contributed by atoms with E-state index in [0.717, 1.165) is 21.7 Å². The standard InChI is InChI=1S/C23H26N4O3S/c1-13(28)25-20-10-16-17(18-8-15(14-6-7-14)9-21(26-18)31-5)12-27(19(16)11-24-20)22(29)30-23(2,3)4/h8-12,14H,6-7H2,1-5H3,(H,24,25,28). The number of pyridine rings is 2. The highest BCUT2D eigenvalue weighted by Gasteiger charge is 2.26. The first-order valence-corrected chi connectivity index (χ1v) is 11.5. The number of hydrogen-bond donors (Lipinski definition) is 1. The van der Waals surface area contributed by atoms with Crippen LogP contribution in [0.5, 0.6) is 0 Å². The monoisotopic (exact) mass is 438 g/mol. The summed E-state index contributed by atoms with van der Waals surface area (Å²) in [6.07, 6.45) is 7.23. The fourth-order valence-corrected chi connectivity index (χ4v) is 3.90. The Balaban J connectivity index is 1.90. The first kappa shape index (κ1) is 21.4. The molecule has 1 amide bonds. The van der Waals surface area contributed by atoms with E-state index in [9.17, 15) is 9.59 Å². The zero-order chi connectivity index (χ0) is 22.3. The minimum atomic E-state index is -0.631. The molecule has 1 fully saturated rings. The van der Waals surface area contributed by atoms with Crippen molar-refractivity contribution < 1.29 is 14.3 Å². The van der Waals surface area contributed by atoms with Gasteiger partial charge in [0.2, 0.25) is 5.91 Å². The van der Waals surface area contributed by atoms with Crippen LogP contribution in [0.3, 0.4) is 0 Å². The first-order chi connectivity index (χ1) is 14.6. The number of nitrogens with zero attached hydrogens (tertiary/aromatic N) is 3. The van der Waals surface area contributed by atoms with Crippen molar-refractivity contribution >= 4 is 40.5 Å². The number of nitrogens with one attached hydrogen (secondary N) is 1. The highest BCUT2D eigenvalue weighted by Crippen LogP contribution is 2.42. The van der Waals surface area contributed by atoms with Gasteiger partial charge in [0, 0.05) is 24.1 Å². The minimum absolute atomic E-state index is 0.210. The third-order valence-corrected chi connectivity index (χ3v) is 5.57. The molecule has 1 aliphatic rings. The minimum Gasteiger partial charge on any atom is -0.443 e. The van der Waals surface area contributed by atoms with E-state index in [-0.39, 0.29) is 5.91 Å². The van der Waals surface area contributed by atoms with Gasteiger partial charge in [-0.15, -0.1) is 11.8 Å². The van der Waals surface area contributed by atoms with E-state index in [2.05, 4.69) is 22.4 Å². The Kier molecular flexibility index (Phi) is 5.51. The molecule has 3 aromatic heterocycles. The molecule has 0 bridgehead atoms. The van der Waals surface area contributed by atoms with Crippen molar-refractivity contribution in [2.75, 3.05) is 11.6 Å². The van der Waals surface area contributed by atoms with Gasteiger partial charge in [-0.1, -0.05) is 0 Å². The lowest BCUT2D eigenvalue weighted by Gasteiger charge is -2.19.